The Labute approximate surface area is 159 Å². The molecule has 0 unspecified atom stereocenters. The van der Waals surface area contributed by atoms with Crippen LogP contribution in [0.4, 0.5) is 8.78 Å². The Kier molecular flexibility index (Phi) is 7.77. The third-order valence-corrected chi connectivity index (χ3v) is 4.82. The number of aliphatic carboxylic acids is 1. The van der Waals surface area contributed by atoms with Gasteiger partial charge >= 0.3 is 5.97 Å². The van der Waals surface area contributed by atoms with Crippen LogP contribution in [0, 0.1) is 11.6 Å². The van der Waals surface area contributed by atoms with Crippen molar-refractivity contribution in [1.82, 2.24) is 0 Å². The number of rotatable bonds is 10. The second-order valence-corrected chi connectivity index (χ2v) is 6.86. The third kappa shape index (κ3) is 6.35. The minimum absolute atomic E-state index is 0.0671. The lowest BCUT2D eigenvalue weighted by molar-refractivity contribution is -0.136. The summed E-state index contributed by atoms with van der Waals surface area (Å²) in [5.41, 5.74) is 2.41. The molecule has 0 amide bonds. The monoisotopic (exact) mass is 376 g/mol. The first-order valence-electron chi connectivity index (χ1n) is 9.23. The number of unbranched alkanes of at least 4 members (excludes halogenated alkanes) is 1. The number of aryl methyl sites for hydroxylation is 2. The summed E-state index contributed by atoms with van der Waals surface area (Å²) in [6, 6.07) is 10.0. The van der Waals surface area contributed by atoms with Crippen molar-refractivity contribution in [2.45, 2.75) is 51.4 Å². The van der Waals surface area contributed by atoms with E-state index in [2.05, 4.69) is 6.92 Å². The molecule has 1 N–H and O–H groups in total. The maximum atomic E-state index is 14.0. The maximum Gasteiger partial charge on any atom is 0.303 e. The Hall–Kier alpha value is -2.43. The Balaban J connectivity index is 1.81. The SMILES string of the molecule is COc1cc([C@@H](C)CCCCc2ccc(CCC(=O)O)c(F)c2)ccc1F. The van der Waals surface area contributed by atoms with Crippen LogP contribution in [0.25, 0.3) is 0 Å². The van der Waals surface area contributed by atoms with Gasteiger partial charge in [0.2, 0.25) is 0 Å². The highest BCUT2D eigenvalue weighted by Gasteiger charge is 2.10. The highest BCUT2D eigenvalue weighted by molar-refractivity contribution is 5.67. The molecule has 1 atom stereocenters. The highest BCUT2D eigenvalue weighted by atomic mass is 19.1. The molecule has 0 radical (unpaired) electrons. The van der Waals surface area contributed by atoms with Crippen molar-refractivity contribution in [3.8, 4) is 5.75 Å². The molecule has 0 fully saturated rings. The summed E-state index contributed by atoms with van der Waals surface area (Å²) >= 11 is 0. The van der Waals surface area contributed by atoms with Crippen LogP contribution in [0.5, 0.6) is 5.75 Å². The van der Waals surface area contributed by atoms with Crippen LogP contribution in [0.15, 0.2) is 36.4 Å². The molecule has 5 heteroatoms. The molecule has 2 rings (SSSR count). The predicted molar refractivity (Wildman–Crippen MR) is 101 cm³/mol. The van der Waals surface area contributed by atoms with Crippen LogP contribution >= 0.6 is 0 Å². The van der Waals surface area contributed by atoms with Gasteiger partial charge in [0.1, 0.15) is 5.82 Å². The number of carboxylic acid groups (broad SMARTS) is 1. The van der Waals surface area contributed by atoms with Crippen LogP contribution in [0.1, 0.15) is 55.2 Å². The molecule has 0 aliphatic rings. The van der Waals surface area contributed by atoms with E-state index in [9.17, 15) is 13.6 Å². The van der Waals surface area contributed by atoms with Crippen molar-refractivity contribution < 1.29 is 23.4 Å². The van der Waals surface area contributed by atoms with Gasteiger partial charge < -0.3 is 9.84 Å². The molecule has 27 heavy (non-hydrogen) atoms. The molecular weight excluding hydrogens is 350 g/mol. The molecule has 0 aromatic heterocycles. The van der Waals surface area contributed by atoms with Crippen molar-refractivity contribution >= 4 is 5.97 Å². The molecule has 0 aliphatic carbocycles. The molecule has 2 aromatic rings. The van der Waals surface area contributed by atoms with E-state index >= 15 is 0 Å². The zero-order valence-electron chi connectivity index (χ0n) is 15.8. The minimum Gasteiger partial charge on any atom is -0.494 e. The van der Waals surface area contributed by atoms with Gasteiger partial charge in [-0.2, -0.15) is 0 Å². The first-order valence-corrected chi connectivity index (χ1v) is 9.23. The first kappa shape index (κ1) is 20.9. The van der Waals surface area contributed by atoms with Crippen LogP contribution in [0.2, 0.25) is 0 Å². The maximum absolute atomic E-state index is 14.0. The van der Waals surface area contributed by atoms with Crippen molar-refractivity contribution in [2.75, 3.05) is 7.11 Å². The topological polar surface area (TPSA) is 46.5 Å². The van der Waals surface area contributed by atoms with Crippen molar-refractivity contribution in [3.05, 3.63) is 64.7 Å². The fraction of sp³-hybridized carbons (Fsp3) is 0.409. The normalized spacial score (nSPS) is 12.0. The number of methoxy groups -OCH3 is 1. The van der Waals surface area contributed by atoms with Gasteiger partial charge in [-0.15, -0.1) is 0 Å². The lowest BCUT2D eigenvalue weighted by Gasteiger charge is -2.13. The van der Waals surface area contributed by atoms with Gasteiger partial charge in [0.05, 0.1) is 7.11 Å². The van der Waals surface area contributed by atoms with E-state index in [0.29, 0.717) is 5.56 Å². The molecule has 0 saturated heterocycles. The fourth-order valence-electron chi connectivity index (χ4n) is 3.12. The zero-order valence-corrected chi connectivity index (χ0v) is 15.8. The molecule has 0 bridgehead atoms. The molecule has 0 saturated carbocycles. The standard InChI is InChI=1S/C22H26F2O3/c1-15(18-9-11-19(23)21(14-18)27-2)5-3-4-6-16-7-8-17(20(24)13-16)10-12-22(25)26/h7-9,11,13-15H,3-6,10,12H2,1-2H3,(H,25,26)/t15-/m0/s1. The number of halogens is 2. The van der Waals surface area contributed by atoms with Gasteiger partial charge in [-0.05, 0) is 66.5 Å². The minimum atomic E-state index is -0.925. The van der Waals surface area contributed by atoms with Crippen LogP contribution in [-0.2, 0) is 17.6 Å². The van der Waals surface area contributed by atoms with E-state index in [1.54, 1.807) is 18.2 Å². The Morgan fingerprint density at radius 3 is 2.52 bits per heavy atom. The molecule has 0 spiro atoms. The van der Waals surface area contributed by atoms with E-state index in [1.807, 2.05) is 6.07 Å². The number of carboxylic acids is 1. The van der Waals surface area contributed by atoms with Crippen molar-refractivity contribution in [2.24, 2.45) is 0 Å². The smallest absolute Gasteiger partial charge is 0.303 e. The Morgan fingerprint density at radius 2 is 1.85 bits per heavy atom. The molecular formula is C22H26F2O3. The number of hydrogen-bond acceptors (Lipinski definition) is 2. The van der Waals surface area contributed by atoms with Gasteiger partial charge in [-0.3, -0.25) is 4.79 Å². The molecule has 146 valence electrons. The van der Waals surface area contributed by atoms with E-state index in [4.69, 9.17) is 9.84 Å². The Bertz CT molecular complexity index is 774. The van der Waals surface area contributed by atoms with E-state index in [0.717, 1.165) is 36.8 Å². The summed E-state index contributed by atoms with van der Waals surface area (Å²) in [5, 5.41) is 8.69. The average molecular weight is 376 g/mol. The van der Waals surface area contributed by atoms with Crippen LogP contribution in [-0.4, -0.2) is 18.2 Å². The van der Waals surface area contributed by atoms with E-state index in [1.165, 1.54) is 19.2 Å². The summed E-state index contributed by atoms with van der Waals surface area (Å²) < 4.78 is 32.5. The van der Waals surface area contributed by atoms with Crippen molar-refractivity contribution in [1.29, 1.82) is 0 Å². The summed E-state index contributed by atoms with van der Waals surface area (Å²) in [6.07, 6.45) is 3.77. The number of carbonyl (C=O) groups is 1. The third-order valence-electron chi connectivity index (χ3n) is 4.82. The number of benzene rings is 2. The van der Waals surface area contributed by atoms with Gasteiger partial charge in [-0.1, -0.05) is 31.5 Å². The first-order chi connectivity index (χ1) is 12.9. The highest BCUT2D eigenvalue weighted by Crippen LogP contribution is 2.27. The van der Waals surface area contributed by atoms with Gasteiger partial charge in [0, 0.05) is 6.42 Å². The Morgan fingerprint density at radius 1 is 1.07 bits per heavy atom. The largest absolute Gasteiger partial charge is 0.494 e. The number of hydrogen-bond donors (Lipinski definition) is 1. The molecule has 0 aliphatic heterocycles. The molecule has 3 nitrogen and oxygen atoms in total. The summed E-state index contributed by atoms with van der Waals surface area (Å²) in [4.78, 5) is 10.6. The van der Waals surface area contributed by atoms with Gasteiger partial charge in [0.15, 0.2) is 11.6 Å². The molecule has 2 aromatic carbocycles. The lowest BCUT2D eigenvalue weighted by Crippen LogP contribution is -2.00. The second kappa shape index (κ2) is 10.0. The van der Waals surface area contributed by atoms with Crippen LogP contribution < -0.4 is 4.74 Å². The van der Waals surface area contributed by atoms with Gasteiger partial charge in [-0.25, -0.2) is 8.78 Å². The van der Waals surface area contributed by atoms with E-state index < -0.39 is 5.97 Å². The fourth-order valence-corrected chi connectivity index (χ4v) is 3.12. The quantitative estimate of drug-likeness (QED) is 0.556. The second-order valence-electron chi connectivity index (χ2n) is 6.86. The summed E-state index contributed by atoms with van der Waals surface area (Å²) in [7, 11) is 1.46. The zero-order chi connectivity index (χ0) is 19.8. The lowest BCUT2D eigenvalue weighted by atomic mass is 9.94. The number of ether oxygens (including phenoxy) is 1. The summed E-state index contributed by atoms with van der Waals surface area (Å²) in [5.74, 6) is -1.07. The summed E-state index contributed by atoms with van der Waals surface area (Å²) in [6.45, 7) is 2.10. The van der Waals surface area contributed by atoms with E-state index in [-0.39, 0.29) is 36.1 Å². The van der Waals surface area contributed by atoms with Crippen molar-refractivity contribution in [3.63, 3.8) is 0 Å². The molecule has 0 heterocycles. The van der Waals surface area contributed by atoms with Gasteiger partial charge in [0.25, 0.3) is 0 Å². The predicted octanol–water partition coefficient (Wildman–Crippen LogP) is 5.51. The average Bonchev–Trinajstić information content (AvgIpc) is 2.64. The van der Waals surface area contributed by atoms with Crippen LogP contribution in [0.3, 0.4) is 0 Å².